The number of methoxy groups -OCH3 is 1. The van der Waals surface area contributed by atoms with E-state index in [-0.39, 0.29) is 12.4 Å². The van der Waals surface area contributed by atoms with Crippen molar-refractivity contribution in [2.45, 2.75) is 31.5 Å². The fourth-order valence-electron chi connectivity index (χ4n) is 3.15. The molecule has 1 fully saturated rings. The third kappa shape index (κ3) is 4.32. The monoisotopic (exact) mass is 336 g/mol. The Bertz CT molecular complexity index is 573. The van der Waals surface area contributed by atoms with Crippen molar-refractivity contribution in [3.05, 3.63) is 48.5 Å². The normalized spacial score (nSPS) is 21.8. The van der Waals surface area contributed by atoms with Crippen LogP contribution in [0.15, 0.2) is 43.0 Å². The van der Waals surface area contributed by atoms with Gasteiger partial charge in [-0.25, -0.2) is 4.98 Å². The summed E-state index contributed by atoms with van der Waals surface area (Å²) < 4.78 is 7.50. The molecular formula is C17H25ClN4O. The Hall–Kier alpha value is -1.40. The molecule has 1 aromatic carbocycles. The topological polar surface area (TPSA) is 56.3 Å². The molecule has 2 aromatic rings. The summed E-state index contributed by atoms with van der Waals surface area (Å²) in [5.41, 5.74) is 8.40. The number of piperidine rings is 1. The molecule has 1 saturated heterocycles. The van der Waals surface area contributed by atoms with Crippen LogP contribution in [0.1, 0.15) is 18.4 Å². The highest BCUT2D eigenvalue weighted by Gasteiger charge is 2.27. The molecule has 23 heavy (non-hydrogen) atoms. The lowest BCUT2D eigenvalue weighted by atomic mass is 9.98. The minimum atomic E-state index is 0. The third-order valence-electron chi connectivity index (χ3n) is 4.52. The fraction of sp³-hybridized carbons (Fsp3) is 0.471. The van der Waals surface area contributed by atoms with Gasteiger partial charge in [0.15, 0.2) is 0 Å². The van der Waals surface area contributed by atoms with Crippen LogP contribution in [0.3, 0.4) is 0 Å². The average molecular weight is 337 g/mol. The third-order valence-corrected chi connectivity index (χ3v) is 4.52. The molecule has 2 heterocycles. The van der Waals surface area contributed by atoms with E-state index < -0.39 is 0 Å². The molecule has 2 unspecified atom stereocenters. The summed E-state index contributed by atoms with van der Waals surface area (Å²) in [5.74, 6) is 0. The van der Waals surface area contributed by atoms with Gasteiger partial charge in [-0.1, -0.05) is 12.1 Å². The molecule has 0 radical (unpaired) electrons. The van der Waals surface area contributed by atoms with Gasteiger partial charge in [0, 0.05) is 50.9 Å². The average Bonchev–Trinajstić information content (AvgIpc) is 3.10. The summed E-state index contributed by atoms with van der Waals surface area (Å²) in [5, 5.41) is 0. The van der Waals surface area contributed by atoms with Gasteiger partial charge in [-0.2, -0.15) is 0 Å². The van der Waals surface area contributed by atoms with Crippen molar-refractivity contribution in [2.75, 3.05) is 20.2 Å². The van der Waals surface area contributed by atoms with Crippen molar-refractivity contribution in [1.82, 2.24) is 14.5 Å². The van der Waals surface area contributed by atoms with Crippen molar-refractivity contribution in [2.24, 2.45) is 5.73 Å². The number of halogens is 1. The smallest absolute Gasteiger partial charge is 0.0991 e. The second-order valence-corrected chi connectivity index (χ2v) is 5.88. The lowest BCUT2D eigenvalue weighted by Crippen LogP contribution is -2.47. The molecule has 6 heteroatoms. The molecule has 0 saturated carbocycles. The standard InChI is InChI=1S/C17H24N4O.ClH/c1-22-17-6-8-20(16(10-17)11-18)12-14-2-4-15(5-3-14)21-9-7-19-13-21;/h2-5,7,9,13,16-17H,6,8,10-12,18H2,1H3;1H. The fourth-order valence-corrected chi connectivity index (χ4v) is 3.15. The summed E-state index contributed by atoms with van der Waals surface area (Å²) in [6, 6.07) is 9.05. The molecule has 2 atom stereocenters. The summed E-state index contributed by atoms with van der Waals surface area (Å²) >= 11 is 0. The molecule has 3 rings (SSSR count). The zero-order valence-corrected chi connectivity index (χ0v) is 14.3. The number of likely N-dealkylation sites (tertiary alicyclic amines) is 1. The highest BCUT2D eigenvalue weighted by Crippen LogP contribution is 2.21. The predicted octanol–water partition coefficient (Wildman–Crippen LogP) is 2.23. The lowest BCUT2D eigenvalue weighted by molar-refractivity contribution is 0.0102. The number of nitrogens with two attached hydrogens (primary N) is 1. The van der Waals surface area contributed by atoms with E-state index in [9.17, 15) is 0 Å². The lowest BCUT2D eigenvalue weighted by Gasteiger charge is -2.38. The van der Waals surface area contributed by atoms with E-state index in [0.717, 1.165) is 31.6 Å². The number of hydrogen-bond acceptors (Lipinski definition) is 4. The Labute approximate surface area is 143 Å². The van der Waals surface area contributed by atoms with Crippen molar-refractivity contribution < 1.29 is 4.74 Å². The van der Waals surface area contributed by atoms with Gasteiger partial charge in [0.1, 0.15) is 0 Å². The zero-order chi connectivity index (χ0) is 15.4. The van der Waals surface area contributed by atoms with Gasteiger partial charge >= 0.3 is 0 Å². The first kappa shape index (κ1) is 17.9. The number of ether oxygens (including phenoxy) is 1. The number of rotatable bonds is 5. The highest BCUT2D eigenvalue weighted by molar-refractivity contribution is 5.85. The molecule has 2 N–H and O–H groups in total. The van der Waals surface area contributed by atoms with E-state index >= 15 is 0 Å². The van der Waals surface area contributed by atoms with E-state index in [0.29, 0.717) is 18.7 Å². The van der Waals surface area contributed by atoms with Crippen LogP contribution in [0.2, 0.25) is 0 Å². The Kier molecular flexibility index (Phi) is 6.59. The number of benzene rings is 1. The van der Waals surface area contributed by atoms with Crippen LogP contribution < -0.4 is 5.73 Å². The van der Waals surface area contributed by atoms with E-state index in [1.807, 2.05) is 17.1 Å². The summed E-state index contributed by atoms with van der Waals surface area (Å²) in [4.78, 5) is 6.55. The van der Waals surface area contributed by atoms with Crippen molar-refractivity contribution in [3.8, 4) is 5.69 Å². The van der Waals surface area contributed by atoms with E-state index in [1.165, 1.54) is 5.56 Å². The zero-order valence-electron chi connectivity index (χ0n) is 13.5. The van der Waals surface area contributed by atoms with Gasteiger partial charge in [0.2, 0.25) is 0 Å². The Morgan fingerprint density at radius 3 is 2.70 bits per heavy atom. The SMILES string of the molecule is COC1CCN(Cc2ccc(-n3ccnc3)cc2)C(CN)C1.Cl. The van der Waals surface area contributed by atoms with Gasteiger partial charge in [0.05, 0.1) is 12.4 Å². The molecule has 5 nitrogen and oxygen atoms in total. The Morgan fingerprint density at radius 2 is 2.09 bits per heavy atom. The number of aromatic nitrogens is 2. The molecule has 1 aliphatic heterocycles. The van der Waals surface area contributed by atoms with Crippen molar-refractivity contribution in [3.63, 3.8) is 0 Å². The first-order valence-corrected chi connectivity index (χ1v) is 7.84. The second-order valence-electron chi connectivity index (χ2n) is 5.88. The first-order valence-electron chi connectivity index (χ1n) is 7.84. The summed E-state index contributed by atoms with van der Waals surface area (Å²) in [7, 11) is 1.79. The van der Waals surface area contributed by atoms with Crippen LogP contribution in [0, 0.1) is 0 Å². The van der Waals surface area contributed by atoms with Crippen LogP contribution in [-0.4, -0.2) is 46.8 Å². The highest BCUT2D eigenvalue weighted by atomic mass is 35.5. The van der Waals surface area contributed by atoms with Gasteiger partial charge in [-0.05, 0) is 30.5 Å². The van der Waals surface area contributed by atoms with Gasteiger partial charge < -0.3 is 15.0 Å². The van der Waals surface area contributed by atoms with Crippen LogP contribution in [0.25, 0.3) is 5.69 Å². The van der Waals surface area contributed by atoms with Crippen LogP contribution in [0.4, 0.5) is 0 Å². The molecular weight excluding hydrogens is 312 g/mol. The molecule has 1 aromatic heterocycles. The Balaban J connectivity index is 0.00000192. The van der Waals surface area contributed by atoms with Gasteiger partial charge in [-0.15, -0.1) is 12.4 Å². The number of imidazole rings is 1. The number of nitrogens with zero attached hydrogens (tertiary/aromatic N) is 3. The van der Waals surface area contributed by atoms with E-state index in [1.54, 1.807) is 13.3 Å². The molecule has 0 bridgehead atoms. The van der Waals surface area contributed by atoms with Crippen LogP contribution in [0.5, 0.6) is 0 Å². The molecule has 0 spiro atoms. The van der Waals surface area contributed by atoms with Crippen LogP contribution in [-0.2, 0) is 11.3 Å². The predicted molar refractivity (Wildman–Crippen MR) is 94.1 cm³/mol. The quantitative estimate of drug-likeness (QED) is 0.909. The van der Waals surface area contributed by atoms with Gasteiger partial charge in [0.25, 0.3) is 0 Å². The maximum atomic E-state index is 5.95. The molecule has 0 aliphatic carbocycles. The van der Waals surface area contributed by atoms with Crippen molar-refractivity contribution >= 4 is 12.4 Å². The molecule has 126 valence electrons. The maximum absolute atomic E-state index is 5.95. The summed E-state index contributed by atoms with van der Waals surface area (Å²) in [6.45, 7) is 2.68. The number of hydrogen-bond donors (Lipinski definition) is 1. The summed E-state index contributed by atoms with van der Waals surface area (Å²) in [6.07, 6.45) is 8.03. The molecule has 1 aliphatic rings. The minimum absolute atomic E-state index is 0. The van der Waals surface area contributed by atoms with Gasteiger partial charge in [-0.3, -0.25) is 4.90 Å². The maximum Gasteiger partial charge on any atom is 0.0991 e. The van der Waals surface area contributed by atoms with E-state index in [2.05, 4.69) is 34.1 Å². The Morgan fingerprint density at radius 1 is 1.30 bits per heavy atom. The minimum Gasteiger partial charge on any atom is -0.381 e. The first-order chi connectivity index (χ1) is 10.8. The molecule has 0 amide bonds. The van der Waals surface area contributed by atoms with E-state index in [4.69, 9.17) is 10.5 Å². The van der Waals surface area contributed by atoms with Crippen molar-refractivity contribution in [1.29, 1.82) is 0 Å². The largest absolute Gasteiger partial charge is 0.381 e. The second kappa shape index (κ2) is 8.45. The van der Waals surface area contributed by atoms with Crippen LogP contribution >= 0.6 is 12.4 Å².